The standard InChI is InChI=1S/C16H28N2O3/c1-12(10-11-17-15(20)21-16(2,3)4)18-14(19)13-8-6-5-7-9-13/h5-6,12-13H,7-11H2,1-4H3,(H,17,20)(H,18,19)/t12-,13+/m1/s1. The summed E-state index contributed by atoms with van der Waals surface area (Å²) in [5.41, 5.74) is -0.488. The van der Waals surface area contributed by atoms with Crippen molar-refractivity contribution in [3.63, 3.8) is 0 Å². The van der Waals surface area contributed by atoms with E-state index >= 15 is 0 Å². The van der Waals surface area contributed by atoms with Gasteiger partial charge in [0.25, 0.3) is 0 Å². The van der Waals surface area contributed by atoms with E-state index in [-0.39, 0.29) is 17.9 Å². The normalized spacial score (nSPS) is 19.7. The maximum atomic E-state index is 12.0. The van der Waals surface area contributed by atoms with Crippen LogP contribution >= 0.6 is 0 Å². The van der Waals surface area contributed by atoms with Crippen LogP contribution in [0.3, 0.4) is 0 Å². The second kappa shape index (κ2) is 8.05. The SMILES string of the molecule is C[C@H](CCNC(=O)OC(C)(C)C)NC(=O)[C@H]1CC=CCC1. The minimum absolute atomic E-state index is 0.0401. The number of alkyl carbamates (subject to hydrolysis) is 1. The highest BCUT2D eigenvalue weighted by Gasteiger charge is 2.20. The first-order chi connectivity index (χ1) is 9.78. The predicted octanol–water partition coefficient (Wildman–Crippen LogP) is 2.76. The lowest BCUT2D eigenvalue weighted by Crippen LogP contribution is -2.40. The molecule has 0 saturated carbocycles. The summed E-state index contributed by atoms with van der Waals surface area (Å²) in [5.74, 6) is 0.209. The molecule has 1 aliphatic rings. The second-order valence-electron chi connectivity index (χ2n) is 6.61. The highest BCUT2D eigenvalue weighted by molar-refractivity contribution is 5.79. The monoisotopic (exact) mass is 296 g/mol. The summed E-state index contributed by atoms with van der Waals surface area (Å²) in [7, 11) is 0. The van der Waals surface area contributed by atoms with Gasteiger partial charge in [-0.05, 0) is 53.4 Å². The van der Waals surface area contributed by atoms with E-state index < -0.39 is 11.7 Å². The molecule has 0 radical (unpaired) electrons. The number of carbonyl (C=O) groups excluding carboxylic acids is 2. The molecule has 5 heteroatoms. The summed E-state index contributed by atoms with van der Waals surface area (Å²) >= 11 is 0. The lowest BCUT2D eigenvalue weighted by Gasteiger charge is -2.22. The Bertz CT molecular complexity index is 385. The van der Waals surface area contributed by atoms with Crippen LogP contribution in [0.15, 0.2) is 12.2 Å². The molecule has 1 aliphatic carbocycles. The van der Waals surface area contributed by atoms with Crippen molar-refractivity contribution >= 4 is 12.0 Å². The van der Waals surface area contributed by atoms with Crippen molar-refractivity contribution in [1.29, 1.82) is 0 Å². The average molecular weight is 296 g/mol. The van der Waals surface area contributed by atoms with Crippen LogP contribution in [0.5, 0.6) is 0 Å². The molecule has 1 rings (SSSR count). The Morgan fingerprint density at radius 3 is 2.62 bits per heavy atom. The molecule has 0 bridgehead atoms. The van der Waals surface area contributed by atoms with Crippen molar-refractivity contribution in [2.24, 2.45) is 5.92 Å². The van der Waals surface area contributed by atoms with Gasteiger partial charge in [0, 0.05) is 18.5 Å². The first-order valence-electron chi connectivity index (χ1n) is 7.70. The molecule has 0 spiro atoms. The number of allylic oxidation sites excluding steroid dienone is 2. The smallest absolute Gasteiger partial charge is 0.407 e. The van der Waals surface area contributed by atoms with Crippen LogP contribution < -0.4 is 10.6 Å². The van der Waals surface area contributed by atoms with Crippen LogP contribution in [0.4, 0.5) is 4.79 Å². The Morgan fingerprint density at radius 2 is 2.05 bits per heavy atom. The largest absolute Gasteiger partial charge is 0.444 e. The van der Waals surface area contributed by atoms with E-state index in [9.17, 15) is 9.59 Å². The molecule has 0 fully saturated rings. The lowest BCUT2D eigenvalue weighted by molar-refractivity contribution is -0.125. The zero-order valence-electron chi connectivity index (χ0n) is 13.6. The summed E-state index contributed by atoms with van der Waals surface area (Å²) in [5, 5.41) is 5.71. The van der Waals surface area contributed by atoms with E-state index in [0.717, 1.165) is 19.3 Å². The van der Waals surface area contributed by atoms with Crippen LogP contribution in [-0.4, -0.2) is 30.2 Å². The summed E-state index contributed by atoms with van der Waals surface area (Å²) in [6.45, 7) is 7.92. The first kappa shape index (κ1) is 17.5. The van der Waals surface area contributed by atoms with Gasteiger partial charge in [-0.1, -0.05) is 12.2 Å². The highest BCUT2D eigenvalue weighted by Crippen LogP contribution is 2.18. The van der Waals surface area contributed by atoms with Crippen molar-refractivity contribution in [3.05, 3.63) is 12.2 Å². The molecular weight excluding hydrogens is 268 g/mol. The summed E-state index contributed by atoms with van der Waals surface area (Å²) in [6, 6.07) is 0.0401. The zero-order chi connectivity index (χ0) is 15.9. The third-order valence-electron chi connectivity index (χ3n) is 3.27. The molecule has 0 unspecified atom stereocenters. The third kappa shape index (κ3) is 7.73. The van der Waals surface area contributed by atoms with Crippen molar-refractivity contribution in [2.45, 2.75) is 65.0 Å². The highest BCUT2D eigenvalue weighted by atomic mass is 16.6. The summed E-state index contributed by atoms with van der Waals surface area (Å²) in [6.07, 6.45) is 7.19. The van der Waals surface area contributed by atoms with Crippen LogP contribution in [0, 0.1) is 5.92 Å². The maximum Gasteiger partial charge on any atom is 0.407 e. The van der Waals surface area contributed by atoms with Crippen molar-refractivity contribution in [2.75, 3.05) is 6.54 Å². The van der Waals surface area contributed by atoms with Gasteiger partial charge in [-0.3, -0.25) is 4.79 Å². The maximum absolute atomic E-state index is 12.0. The van der Waals surface area contributed by atoms with Gasteiger partial charge < -0.3 is 15.4 Å². The van der Waals surface area contributed by atoms with Crippen LogP contribution in [0.1, 0.15) is 53.4 Å². The molecule has 0 saturated heterocycles. The Morgan fingerprint density at radius 1 is 1.33 bits per heavy atom. The molecule has 0 aliphatic heterocycles. The summed E-state index contributed by atoms with van der Waals surface area (Å²) in [4.78, 5) is 23.5. The van der Waals surface area contributed by atoms with Gasteiger partial charge in [0.15, 0.2) is 0 Å². The van der Waals surface area contributed by atoms with E-state index in [1.54, 1.807) is 0 Å². The van der Waals surface area contributed by atoms with Gasteiger partial charge in [0.2, 0.25) is 5.91 Å². The van der Waals surface area contributed by atoms with E-state index in [4.69, 9.17) is 4.74 Å². The lowest BCUT2D eigenvalue weighted by atomic mass is 9.93. The minimum Gasteiger partial charge on any atom is -0.444 e. The van der Waals surface area contributed by atoms with Gasteiger partial charge in [0.1, 0.15) is 5.60 Å². The number of amides is 2. The molecule has 0 aromatic rings. The van der Waals surface area contributed by atoms with Crippen LogP contribution in [-0.2, 0) is 9.53 Å². The van der Waals surface area contributed by atoms with Crippen LogP contribution in [0.25, 0.3) is 0 Å². The molecule has 0 aromatic carbocycles. The summed E-state index contributed by atoms with van der Waals surface area (Å²) < 4.78 is 5.15. The van der Waals surface area contributed by atoms with E-state index in [1.165, 1.54) is 0 Å². The molecule has 2 atom stereocenters. The molecule has 2 amide bonds. The molecule has 0 aromatic heterocycles. The van der Waals surface area contributed by atoms with E-state index in [1.807, 2.05) is 27.7 Å². The number of carbonyl (C=O) groups is 2. The Hall–Kier alpha value is -1.52. The van der Waals surface area contributed by atoms with Crippen molar-refractivity contribution in [1.82, 2.24) is 10.6 Å². The molecular formula is C16H28N2O3. The van der Waals surface area contributed by atoms with Gasteiger partial charge in [-0.15, -0.1) is 0 Å². The number of hydrogen-bond donors (Lipinski definition) is 2. The van der Waals surface area contributed by atoms with Gasteiger partial charge in [-0.2, -0.15) is 0 Å². The number of ether oxygens (including phenoxy) is 1. The molecule has 2 N–H and O–H groups in total. The van der Waals surface area contributed by atoms with Gasteiger partial charge >= 0.3 is 6.09 Å². The van der Waals surface area contributed by atoms with Gasteiger partial charge in [0.05, 0.1) is 0 Å². The zero-order valence-corrected chi connectivity index (χ0v) is 13.6. The van der Waals surface area contributed by atoms with E-state index in [0.29, 0.717) is 13.0 Å². The Balaban J connectivity index is 2.19. The van der Waals surface area contributed by atoms with Gasteiger partial charge in [-0.25, -0.2) is 4.79 Å². The molecule has 120 valence electrons. The van der Waals surface area contributed by atoms with Crippen LogP contribution in [0.2, 0.25) is 0 Å². The molecule has 0 heterocycles. The number of nitrogens with one attached hydrogen (secondary N) is 2. The topological polar surface area (TPSA) is 67.4 Å². The minimum atomic E-state index is -0.488. The Labute approximate surface area is 127 Å². The number of rotatable bonds is 5. The second-order valence-corrected chi connectivity index (χ2v) is 6.61. The average Bonchev–Trinajstić information content (AvgIpc) is 2.37. The predicted molar refractivity (Wildman–Crippen MR) is 82.9 cm³/mol. The van der Waals surface area contributed by atoms with Crippen molar-refractivity contribution < 1.29 is 14.3 Å². The molecule has 21 heavy (non-hydrogen) atoms. The number of hydrogen-bond acceptors (Lipinski definition) is 3. The Kier molecular flexibility index (Phi) is 6.72. The van der Waals surface area contributed by atoms with E-state index in [2.05, 4.69) is 22.8 Å². The fourth-order valence-electron chi connectivity index (χ4n) is 2.17. The fourth-order valence-corrected chi connectivity index (χ4v) is 2.17. The fraction of sp³-hybridized carbons (Fsp3) is 0.750. The molecule has 5 nitrogen and oxygen atoms in total. The van der Waals surface area contributed by atoms with Crippen molar-refractivity contribution in [3.8, 4) is 0 Å². The third-order valence-corrected chi connectivity index (χ3v) is 3.27. The quantitative estimate of drug-likeness (QED) is 0.767. The first-order valence-corrected chi connectivity index (χ1v) is 7.70.